The van der Waals surface area contributed by atoms with Crippen LogP contribution >= 0.6 is 23.2 Å². The van der Waals surface area contributed by atoms with Gasteiger partial charge in [-0.15, -0.1) is 0 Å². The van der Waals surface area contributed by atoms with E-state index in [1.54, 1.807) is 0 Å². The summed E-state index contributed by atoms with van der Waals surface area (Å²) < 4.78 is 105. The molecular weight excluding hydrogens is 535 g/mol. The standard InChI is InChI=1S/C21H14Cl2F8N2O2/c22-14-6-11(7-15(23)18(14)25)13(21(29,30)31)4-2-10-1-3-12(16(24)5-10)19(35)32-8-17(34)33-9-20(26,27)28/h1-7,13H,8-9H2,(H,32,35)(H,33,34)/b4-2+. The molecular formula is C21H14Cl2F8N2O2. The molecule has 2 aromatic rings. The van der Waals surface area contributed by atoms with E-state index in [-0.39, 0.29) is 5.56 Å². The van der Waals surface area contributed by atoms with Crippen molar-refractivity contribution in [3.05, 3.63) is 74.8 Å². The van der Waals surface area contributed by atoms with E-state index >= 15 is 0 Å². The van der Waals surface area contributed by atoms with E-state index in [4.69, 9.17) is 23.2 Å². The van der Waals surface area contributed by atoms with Crippen molar-refractivity contribution in [1.29, 1.82) is 0 Å². The molecule has 0 aliphatic carbocycles. The highest BCUT2D eigenvalue weighted by atomic mass is 35.5. The first kappa shape index (κ1) is 28.4. The summed E-state index contributed by atoms with van der Waals surface area (Å²) in [4.78, 5) is 23.3. The second kappa shape index (κ2) is 11.3. The maximum Gasteiger partial charge on any atom is 0.405 e. The summed E-state index contributed by atoms with van der Waals surface area (Å²) in [6.45, 7) is -2.49. The van der Waals surface area contributed by atoms with Gasteiger partial charge < -0.3 is 10.6 Å². The maximum absolute atomic E-state index is 14.3. The third-order valence-electron chi connectivity index (χ3n) is 4.33. The summed E-state index contributed by atoms with van der Waals surface area (Å²) in [5.41, 5.74) is -1.16. The maximum atomic E-state index is 14.3. The van der Waals surface area contributed by atoms with Gasteiger partial charge in [0.25, 0.3) is 5.91 Å². The predicted octanol–water partition coefficient (Wildman–Crippen LogP) is 6.04. The molecule has 1 atom stereocenters. The smallest absolute Gasteiger partial charge is 0.345 e. The van der Waals surface area contributed by atoms with Crippen molar-refractivity contribution in [3.63, 3.8) is 0 Å². The Kier molecular flexibility index (Phi) is 9.12. The van der Waals surface area contributed by atoms with Gasteiger partial charge in [0.2, 0.25) is 5.91 Å². The first-order valence-electron chi connectivity index (χ1n) is 9.39. The lowest BCUT2D eigenvalue weighted by molar-refractivity contribution is -0.139. The monoisotopic (exact) mass is 548 g/mol. The molecule has 35 heavy (non-hydrogen) atoms. The Morgan fingerprint density at radius 1 is 0.943 bits per heavy atom. The zero-order chi connectivity index (χ0) is 26.6. The largest absolute Gasteiger partial charge is 0.405 e. The summed E-state index contributed by atoms with van der Waals surface area (Å²) in [6, 6.07) is 4.24. The van der Waals surface area contributed by atoms with Crippen LogP contribution in [0.1, 0.15) is 27.4 Å². The summed E-state index contributed by atoms with van der Waals surface area (Å²) in [5, 5.41) is 2.18. The van der Waals surface area contributed by atoms with Crippen LogP contribution in [0.3, 0.4) is 0 Å². The van der Waals surface area contributed by atoms with Crippen molar-refractivity contribution in [2.24, 2.45) is 0 Å². The van der Waals surface area contributed by atoms with Gasteiger partial charge in [0, 0.05) is 0 Å². The van der Waals surface area contributed by atoms with Crippen LogP contribution in [0.2, 0.25) is 10.0 Å². The molecule has 0 fully saturated rings. The number of rotatable bonds is 7. The fourth-order valence-electron chi connectivity index (χ4n) is 2.71. The molecule has 0 spiro atoms. The summed E-state index contributed by atoms with van der Waals surface area (Å²) in [6.07, 6.45) is -7.94. The molecule has 1 unspecified atom stereocenters. The zero-order valence-electron chi connectivity index (χ0n) is 17.1. The lowest BCUT2D eigenvalue weighted by Crippen LogP contribution is -2.41. The number of carbonyl (C=O) groups excluding carboxylic acids is 2. The van der Waals surface area contributed by atoms with E-state index in [0.29, 0.717) is 6.08 Å². The van der Waals surface area contributed by atoms with Crippen LogP contribution in [-0.2, 0) is 4.79 Å². The van der Waals surface area contributed by atoms with Gasteiger partial charge in [0.05, 0.1) is 28.1 Å². The lowest BCUT2D eigenvalue weighted by atomic mass is 9.96. The minimum atomic E-state index is -4.84. The van der Waals surface area contributed by atoms with Crippen LogP contribution in [0.25, 0.3) is 6.08 Å². The van der Waals surface area contributed by atoms with Crippen LogP contribution in [0.5, 0.6) is 0 Å². The van der Waals surface area contributed by atoms with E-state index in [1.165, 1.54) is 5.32 Å². The van der Waals surface area contributed by atoms with Crippen molar-refractivity contribution in [2.75, 3.05) is 13.1 Å². The Hall–Kier alpha value is -2.86. The van der Waals surface area contributed by atoms with Crippen molar-refractivity contribution in [1.82, 2.24) is 10.6 Å². The van der Waals surface area contributed by atoms with Gasteiger partial charge in [-0.05, 0) is 35.4 Å². The number of amides is 2. The number of allylic oxidation sites excluding steroid dienone is 1. The molecule has 0 aliphatic heterocycles. The fraction of sp³-hybridized carbons (Fsp3) is 0.238. The van der Waals surface area contributed by atoms with Crippen LogP contribution in [0.15, 0.2) is 36.4 Å². The second-order valence-corrected chi connectivity index (χ2v) is 7.81. The first-order valence-corrected chi connectivity index (χ1v) is 10.1. The number of hydrogen-bond donors (Lipinski definition) is 2. The van der Waals surface area contributed by atoms with Crippen LogP contribution in [-0.4, -0.2) is 37.3 Å². The van der Waals surface area contributed by atoms with E-state index in [1.807, 2.05) is 5.32 Å². The van der Waals surface area contributed by atoms with Crippen LogP contribution < -0.4 is 10.6 Å². The highest BCUT2D eigenvalue weighted by Crippen LogP contribution is 2.39. The van der Waals surface area contributed by atoms with Gasteiger partial charge in [0.15, 0.2) is 5.82 Å². The van der Waals surface area contributed by atoms with Crippen molar-refractivity contribution < 1.29 is 44.7 Å². The first-order chi connectivity index (χ1) is 16.1. The van der Waals surface area contributed by atoms with Crippen LogP contribution in [0.4, 0.5) is 35.1 Å². The molecule has 0 heterocycles. The van der Waals surface area contributed by atoms with Crippen LogP contribution in [0, 0.1) is 11.6 Å². The Bertz CT molecular complexity index is 1110. The normalized spacial score (nSPS) is 13.1. The third-order valence-corrected chi connectivity index (χ3v) is 4.88. The number of nitrogens with one attached hydrogen (secondary N) is 2. The van der Waals surface area contributed by atoms with Crippen molar-refractivity contribution >= 4 is 41.1 Å². The minimum absolute atomic E-state index is 0.0875. The van der Waals surface area contributed by atoms with Gasteiger partial charge in [0.1, 0.15) is 12.4 Å². The molecule has 0 radical (unpaired) electrons. The lowest BCUT2D eigenvalue weighted by Gasteiger charge is -2.18. The van der Waals surface area contributed by atoms with E-state index in [0.717, 1.165) is 36.4 Å². The summed E-state index contributed by atoms with van der Waals surface area (Å²) in [7, 11) is 0. The molecule has 0 saturated heterocycles. The molecule has 190 valence electrons. The molecule has 0 bridgehead atoms. The molecule has 14 heteroatoms. The SMILES string of the molecule is O=C(CNC(=O)c1ccc(/C=C/C(c2cc(Cl)c(F)c(Cl)c2)C(F)(F)F)cc1F)NCC(F)(F)F. The topological polar surface area (TPSA) is 58.2 Å². The van der Waals surface area contributed by atoms with E-state index < -0.39 is 76.0 Å². The minimum Gasteiger partial charge on any atom is -0.345 e. The quantitative estimate of drug-likeness (QED) is 0.327. The average Bonchev–Trinajstić information content (AvgIpc) is 2.73. The fourth-order valence-corrected chi connectivity index (χ4v) is 3.21. The molecule has 2 aromatic carbocycles. The molecule has 2 rings (SSSR count). The molecule has 0 saturated carbocycles. The number of hydrogen-bond acceptors (Lipinski definition) is 2. The number of halogens is 10. The molecule has 0 aromatic heterocycles. The Morgan fingerprint density at radius 2 is 1.54 bits per heavy atom. The number of carbonyl (C=O) groups is 2. The number of benzene rings is 2. The van der Waals surface area contributed by atoms with E-state index in [9.17, 15) is 44.7 Å². The Morgan fingerprint density at radius 3 is 2.06 bits per heavy atom. The highest BCUT2D eigenvalue weighted by molar-refractivity contribution is 6.35. The predicted molar refractivity (Wildman–Crippen MR) is 112 cm³/mol. The molecule has 2 N–H and O–H groups in total. The van der Waals surface area contributed by atoms with Gasteiger partial charge in [-0.3, -0.25) is 9.59 Å². The Labute approximate surface area is 202 Å². The van der Waals surface area contributed by atoms with Gasteiger partial charge in [-0.1, -0.05) is 41.4 Å². The van der Waals surface area contributed by atoms with Gasteiger partial charge in [-0.25, -0.2) is 8.78 Å². The number of alkyl halides is 6. The summed E-state index contributed by atoms with van der Waals surface area (Å²) in [5.74, 6) is -6.84. The summed E-state index contributed by atoms with van der Waals surface area (Å²) >= 11 is 11.1. The average molecular weight is 549 g/mol. The second-order valence-electron chi connectivity index (χ2n) is 6.99. The highest BCUT2D eigenvalue weighted by Gasteiger charge is 2.39. The third kappa shape index (κ3) is 8.39. The molecule has 0 aliphatic rings. The van der Waals surface area contributed by atoms with Crippen molar-refractivity contribution in [3.8, 4) is 0 Å². The van der Waals surface area contributed by atoms with E-state index in [2.05, 4.69) is 0 Å². The Balaban J connectivity index is 2.15. The molecule has 2 amide bonds. The van der Waals surface area contributed by atoms with Crippen molar-refractivity contribution in [2.45, 2.75) is 18.3 Å². The van der Waals surface area contributed by atoms with Gasteiger partial charge >= 0.3 is 12.4 Å². The molecule has 4 nitrogen and oxygen atoms in total. The zero-order valence-corrected chi connectivity index (χ0v) is 18.6. The van der Waals surface area contributed by atoms with Gasteiger partial charge in [-0.2, -0.15) is 26.3 Å².